The number of esters is 1. The molecule has 5 rings (SSSR count). The number of aromatic nitrogens is 2. The molecular formula is C30H28F3N3O4. The summed E-state index contributed by atoms with van der Waals surface area (Å²) < 4.78 is 50.6. The molecule has 1 saturated heterocycles. The first-order chi connectivity index (χ1) is 19.1. The number of methoxy groups -OCH3 is 1. The van der Waals surface area contributed by atoms with Crippen molar-refractivity contribution in [3.05, 3.63) is 89.1 Å². The van der Waals surface area contributed by atoms with Gasteiger partial charge < -0.3 is 14.4 Å². The van der Waals surface area contributed by atoms with E-state index in [9.17, 15) is 22.8 Å². The van der Waals surface area contributed by atoms with Crippen LogP contribution in [-0.2, 0) is 17.5 Å². The number of carbonyl (C=O) groups is 2. The molecule has 0 N–H and O–H groups in total. The van der Waals surface area contributed by atoms with Crippen LogP contribution in [0.25, 0.3) is 10.9 Å². The summed E-state index contributed by atoms with van der Waals surface area (Å²) in [7, 11) is 1.36. The first-order valence-corrected chi connectivity index (χ1v) is 12.9. The van der Waals surface area contributed by atoms with Crippen LogP contribution in [-0.4, -0.2) is 46.8 Å². The molecule has 10 heteroatoms. The normalized spacial score (nSPS) is 14.4. The molecule has 208 valence electrons. The van der Waals surface area contributed by atoms with E-state index in [0.29, 0.717) is 35.9 Å². The van der Waals surface area contributed by atoms with Gasteiger partial charge in [-0.1, -0.05) is 0 Å². The standard InChI is InChI=1S/C30H28F3N3O4/c1-19-25(29(38)39-2)11-12-27-26(19)18-36(34-27)17-20-13-15-35(16-14-20)28(37)21-3-7-23(8-4-21)40-24-9-5-22(6-10-24)30(31,32)33/h3-12,18,20H,13-17H2,1-2H3. The zero-order valence-electron chi connectivity index (χ0n) is 22.1. The zero-order chi connectivity index (χ0) is 28.4. The highest BCUT2D eigenvalue weighted by atomic mass is 19.4. The Hall–Kier alpha value is -4.34. The quantitative estimate of drug-likeness (QED) is 0.256. The van der Waals surface area contributed by atoms with Crippen molar-refractivity contribution in [2.45, 2.75) is 32.5 Å². The van der Waals surface area contributed by atoms with E-state index in [1.54, 1.807) is 30.3 Å². The van der Waals surface area contributed by atoms with Gasteiger partial charge in [-0.25, -0.2) is 4.79 Å². The molecule has 4 aromatic rings. The van der Waals surface area contributed by atoms with Gasteiger partial charge in [0.2, 0.25) is 0 Å². The Balaban J connectivity index is 1.15. The highest BCUT2D eigenvalue weighted by Gasteiger charge is 2.30. The van der Waals surface area contributed by atoms with Crippen LogP contribution in [0.1, 0.15) is 44.7 Å². The highest BCUT2D eigenvalue weighted by molar-refractivity contribution is 5.97. The predicted molar refractivity (Wildman–Crippen MR) is 142 cm³/mol. The number of rotatable bonds is 6. The van der Waals surface area contributed by atoms with E-state index in [1.807, 2.05) is 28.8 Å². The fourth-order valence-electron chi connectivity index (χ4n) is 4.98. The van der Waals surface area contributed by atoms with E-state index in [2.05, 4.69) is 5.10 Å². The van der Waals surface area contributed by atoms with Gasteiger partial charge in [0, 0.05) is 36.8 Å². The number of hydrogen-bond acceptors (Lipinski definition) is 5. The van der Waals surface area contributed by atoms with E-state index >= 15 is 0 Å². The molecule has 7 nitrogen and oxygen atoms in total. The maximum absolute atomic E-state index is 13.1. The molecule has 1 fully saturated rings. The van der Waals surface area contributed by atoms with Gasteiger partial charge in [-0.15, -0.1) is 0 Å². The molecule has 3 aromatic carbocycles. The Kier molecular flexibility index (Phi) is 7.51. The maximum Gasteiger partial charge on any atom is 0.416 e. The van der Waals surface area contributed by atoms with Crippen molar-refractivity contribution in [2.24, 2.45) is 5.92 Å². The van der Waals surface area contributed by atoms with Gasteiger partial charge in [-0.2, -0.15) is 18.3 Å². The summed E-state index contributed by atoms with van der Waals surface area (Å²) in [4.78, 5) is 26.9. The molecule has 1 aromatic heterocycles. The zero-order valence-corrected chi connectivity index (χ0v) is 22.1. The molecule has 0 radical (unpaired) electrons. The van der Waals surface area contributed by atoms with Gasteiger partial charge >= 0.3 is 12.1 Å². The van der Waals surface area contributed by atoms with Crippen LogP contribution in [0.3, 0.4) is 0 Å². The van der Waals surface area contributed by atoms with Gasteiger partial charge in [0.25, 0.3) is 5.91 Å². The summed E-state index contributed by atoms with van der Waals surface area (Å²) in [6, 6.07) is 14.6. The van der Waals surface area contributed by atoms with E-state index in [1.165, 1.54) is 19.2 Å². The van der Waals surface area contributed by atoms with Crippen LogP contribution in [0.15, 0.2) is 66.9 Å². The number of ether oxygens (including phenoxy) is 2. The lowest BCUT2D eigenvalue weighted by molar-refractivity contribution is -0.137. The summed E-state index contributed by atoms with van der Waals surface area (Å²) in [5, 5.41) is 5.59. The second-order valence-corrected chi connectivity index (χ2v) is 9.90. The summed E-state index contributed by atoms with van der Waals surface area (Å²) in [5.41, 5.74) is 1.97. The molecule has 0 bridgehead atoms. The second-order valence-electron chi connectivity index (χ2n) is 9.90. The molecule has 0 unspecified atom stereocenters. The van der Waals surface area contributed by atoms with Crippen molar-refractivity contribution in [3.8, 4) is 11.5 Å². The average Bonchev–Trinajstić information content (AvgIpc) is 3.36. The number of piperidine rings is 1. The van der Waals surface area contributed by atoms with Gasteiger partial charge in [0.1, 0.15) is 11.5 Å². The third-order valence-electron chi connectivity index (χ3n) is 7.28. The minimum atomic E-state index is -4.40. The third kappa shape index (κ3) is 5.80. The lowest BCUT2D eigenvalue weighted by atomic mass is 9.96. The van der Waals surface area contributed by atoms with Crippen LogP contribution in [0, 0.1) is 12.8 Å². The fraction of sp³-hybridized carbons (Fsp3) is 0.300. The number of nitrogens with zero attached hydrogens (tertiary/aromatic N) is 3. The van der Waals surface area contributed by atoms with Crippen LogP contribution < -0.4 is 4.74 Å². The SMILES string of the molecule is COC(=O)c1ccc2nn(CC3CCN(C(=O)c4ccc(Oc5ccc(C(F)(F)F)cc5)cc4)CC3)cc2c1C. The summed E-state index contributed by atoms with van der Waals surface area (Å²) >= 11 is 0. The molecule has 1 amide bonds. The monoisotopic (exact) mass is 551 g/mol. The molecule has 2 heterocycles. The first-order valence-electron chi connectivity index (χ1n) is 12.9. The van der Waals surface area contributed by atoms with E-state index in [4.69, 9.17) is 9.47 Å². The average molecular weight is 552 g/mol. The number of fused-ring (bicyclic) bond motifs is 1. The second kappa shape index (κ2) is 11.0. The molecule has 0 atom stereocenters. The van der Waals surface area contributed by atoms with Crippen molar-refractivity contribution < 1.29 is 32.2 Å². The van der Waals surface area contributed by atoms with Gasteiger partial charge in [0.15, 0.2) is 0 Å². The fourth-order valence-corrected chi connectivity index (χ4v) is 4.98. The summed E-state index contributed by atoms with van der Waals surface area (Å²) in [6.45, 7) is 3.86. The Morgan fingerprint density at radius 3 is 2.17 bits per heavy atom. The van der Waals surface area contributed by atoms with Crippen molar-refractivity contribution in [3.63, 3.8) is 0 Å². The Morgan fingerprint density at radius 2 is 1.57 bits per heavy atom. The largest absolute Gasteiger partial charge is 0.465 e. The highest BCUT2D eigenvalue weighted by Crippen LogP contribution is 2.32. The van der Waals surface area contributed by atoms with Crippen molar-refractivity contribution >= 4 is 22.8 Å². The lowest BCUT2D eigenvalue weighted by Gasteiger charge is -2.32. The number of amides is 1. The number of carbonyl (C=O) groups excluding carboxylic acids is 2. The van der Waals surface area contributed by atoms with Gasteiger partial charge in [-0.05, 0) is 91.9 Å². The summed E-state index contributed by atoms with van der Waals surface area (Å²) in [6.07, 6.45) is -0.769. The molecule has 0 aliphatic carbocycles. The third-order valence-corrected chi connectivity index (χ3v) is 7.28. The Labute approximate surface area is 229 Å². The molecule has 0 spiro atoms. The number of halogens is 3. The Morgan fingerprint density at radius 1 is 0.950 bits per heavy atom. The van der Waals surface area contributed by atoms with E-state index in [0.717, 1.165) is 48.0 Å². The molecule has 0 saturated carbocycles. The smallest absolute Gasteiger partial charge is 0.416 e. The maximum atomic E-state index is 13.1. The lowest BCUT2D eigenvalue weighted by Crippen LogP contribution is -2.39. The Bertz CT molecular complexity index is 1520. The van der Waals surface area contributed by atoms with Crippen LogP contribution in [0.5, 0.6) is 11.5 Å². The predicted octanol–water partition coefficient (Wildman–Crippen LogP) is 6.49. The molecule has 1 aliphatic rings. The minimum Gasteiger partial charge on any atom is -0.465 e. The van der Waals surface area contributed by atoms with E-state index in [-0.39, 0.29) is 17.6 Å². The van der Waals surface area contributed by atoms with E-state index < -0.39 is 11.7 Å². The van der Waals surface area contributed by atoms with Crippen molar-refractivity contribution in [1.82, 2.24) is 14.7 Å². The van der Waals surface area contributed by atoms with Crippen molar-refractivity contribution in [2.75, 3.05) is 20.2 Å². The van der Waals surface area contributed by atoms with Crippen LogP contribution >= 0.6 is 0 Å². The molecule has 1 aliphatic heterocycles. The number of hydrogen-bond donors (Lipinski definition) is 0. The van der Waals surface area contributed by atoms with Gasteiger partial charge in [0.05, 0.1) is 23.8 Å². The number of aryl methyl sites for hydroxylation is 1. The number of likely N-dealkylation sites (tertiary alicyclic amines) is 1. The van der Waals surface area contributed by atoms with Crippen LogP contribution in [0.2, 0.25) is 0 Å². The minimum absolute atomic E-state index is 0.0738. The number of alkyl halides is 3. The van der Waals surface area contributed by atoms with Crippen molar-refractivity contribution in [1.29, 1.82) is 0 Å². The summed E-state index contributed by atoms with van der Waals surface area (Å²) in [5.74, 6) is 0.618. The van der Waals surface area contributed by atoms with Gasteiger partial charge in [-0.3, -0.25) is 9.48 Å². The molecular weight excluding hydrogens is 523 g/mol. The topological polar surface area (TPSA) is 73.7 Å². The molecule has 40 heavy (non-hydrogen) atoms. The number of benzene rings is 3. The van der Waals surface area contributed by atoms with Crippen LogP contribution in [0.4, 0.5) is 13.2 Å². The first kappa shape index (κ1) is 27.2.